The third-order valence-electron chi connectivity index (χ3n) is 2.73. The van der Waals surface area contributed by atoms with Crippen LogP contribution in [0.4, 0.5) is 0 Å². The van der Waals surface area contributed by atoms with Crippen molar-refractivity contribution in [2.45, 2.75) is 25.7 Å². The quantitative estimate of drug-likeness (QED) is 0.634. The second-order valence-electron chi connectivity index (χ2n) is 3.58. The van der Waals surface area contributed by atoms with Gasteiger partial charge >= 0.3 is 0 Å². The molecule has 2 atom stereocenters. The number of amides is 1. The van der Waals surface area contributed by atoms with Gasteiger partial charge in [-0.1, -0.05) is 6.42 Å². The molecule has 3 nitrogen and oxygen atoms in total. The Morgan fingerprint density at radius 2 is 2.33 bits per heavy atom. The van der Waals surface area contributed by atoms with E-state index in [9.17, 15) is 4.79 Å². The van der Waals surface area contributed by atoms with Crippen molar-refractivity contribution in [3.63, 3.8) is 0 Å². The Labute approximate surface area is 73.7 Å². The van der Waals surface area contributed by atoms with E-state index in [4.69, 9.17) is 5.73 Å². The molecule has 0 radical (unpaired) electrons. The maximum Gasteiger partial charge on any atom is 0.222 e. The van der Waals surface area contributed by atoms with Gasteiger partial charge in [-0.2, -0.15) is 0 Å². The molecule has 0 aromatic heterocycles. The summed E-state index contributed by atoms with van der Waals surface area (Å²) in [6, 6.07) is 0. The van der Waals surface area contributed by atoms with Crippen molar-refractivity contribution in [2.24, 2.45) is 17.6 Å². The molecule has 1 aliphatic rings. The van der Waals surface area contributed by atoms with Crippen LogP contribution in [0, 0.1) is 11.8 Å². The first kappa shape index (κ1) is 9.52. The van der Waals surface area contributed by atoms with Crippen LogP contribution in [0.25, 0.3) is 0 Å². The summed E-state index contributed by atoms with van der Waals surface area (Å²) in [6.45, 7) is 0.730. The van der Waals surface area contributed by atoms with E-state index in [0.29, 0.717) is 5.92 Å². The van der Waals surface area contributed by atoms with Crippen molar-refractivity contribution in [1.82, 2.24) is 5.32 Å². The predicted molar refractivity (Wildman–Crippen MR) is 48.6 cm³/mol. The monoisotopic (exact) mass is 170 g/mol. The number of nitrogens with one attached hydrogen (secondary N) is 1. The third-order valence-corrected chi connectivity index (χ3v) is 2.73. The van der Waals surface area contributed by atoms with Gasteiger partial charge in [0.2, 0.25) is 5.91 Å². The first-order chi connectivity index (χ1) is 5.77. The van der Waals surface area contributed by atoms with E-state index in [1.54, 1.807) is 7.05 Å². The lowest BCUT2D eigenvalue weighted by molar-refractivity contribution is -0.125. The van der Waals surface area contributed by atoms with E-state index in [-0.39, 0.29) is 11.8 Å². The Balaban J connectivity index is 2.40. The molecular formula is C9H18N2O. The normalized spacial score (nSPS) is 29.8. The third kappa shape index (κ3) is 2.21. The summed E-state index contributed by atoms with van der Waals surface area (Å²) in [5.74, 6) is 0.978. The zero-order chi connectivity index (χ0) is 8.97. The molecule has 12 heavy (non-hydrogen) atoms. The van der Waals surface area contributed by atoms with Crippen LogP contribution in [0.1, 0.15) is 25.7 Å². The van der Waals surface area contributed by atoms with Gasteiger partial charge in [-0.3, -0.25) is 4.79 Å². The maximum absolute atomic E-state index is 11.3. The molecule has 1 aliphatic carbocycles. The van der Waals surface area contributed by atoms with Crippen LogP contribution in [0.3, 0.4) is 0 Å². The van der Waals surface area contributed by atoms with Crippen LogP contribution in [-0.4, -0.2) is 19.5 Å². The zero-order valence-corrected chi connectivity index (χ0v) is 7.68. The van der Waals surface area contributed by atoms with Gasteiger partial charge in [-0.25, -0.2) is 0 Å². The summed E-state index contributed by atoms with van der Waals surface area (Å²) in [5, 5.41) is 2.70. The van der Waals surface area contributed by atoms with Crippen LogP contribution in [-0.2, 0) is 4.79 Å². The Morgan fingerprint density at radius 3 is 2.92 bits per heavy atom. The molecule has 2 unspecified atom stereocenters. The summed E-state index contributed by atoms with van der Waals surface area (Å²) in [6.07, 6.45) is 4.37. The Kier molecular flexibility index (Phi) is 3.53. The molecule has 0 aromatic rings. The predicted octanol–water partition coefficient (Wildman–Crippen LogP) is 0.497. The van der Waals surface area contributed by atoms with E-state index in [1.165, 1.54) is 6.42 Å². The van der Waals surface area contributed by atoms with Crippen LogP contribution in [0.2, 0.25) is 0 Å². The Hall–Kier alpha value is -0.570. The van der Waals surface area contributed by atoms with E-state index in [2.05, 4.69) is 5.32 Å². The van der Waals surface area contributed by atoms with Crippen molar-refractivity contribution >= 4 is 5.91 Å². The average Bonchev–Trinajstić information content (AvgIpc) is 2.17. The molecule has 0 spiro atoms. The second kappa shape index (κ2) is 4.45. The molecule has 1 rings (SSSR count). The minimum Gasteiger partial charge on any atom is -0.359 e. The van der Waals surface area contributed by atoms with Gasteiger partial charge in [0.15, 0.2) is 0 Å². The van der Waals surface area contributed by atoms with Crippen LogP contribution >= 0.6 is 0 Å². The highest BCUT2D eigenvalue weighted by molar-refractivity contribution is 5.78. The molecule has 3 N–H and O–H groups in total. The van der Waals surface area contributed by atoms with Gasteiger partial charge in [-0.05, 0) is 31.7 Å². The number of nitrogens with two attached hydrogens (primary N) is 1. The molecule has 0 heterocycles. The molecule has 1 saturated carbocycles. The lowest BCUT2D eigenvalue weighted by atomic mass is 9.81. The van der Waals surface area contributed by atoms with Gasteiger partial charge in [0, 0.05) is 13.0 Å². The van der Waals surface area contributed by atoms with Gasteiger partial charge < -0.3 is 11.1 Å². The van der Waals surface area contributed by atoms with E-state index >= 15 is 0 Å². The average molecular weight is 170 g/mol. The fourth-order valence-electron chi connectivity index (χ4n) is 1.95. The molecule has 0 aliphatic heterocycles. The highest BCUT2D eigenvalue weighted by atomic mass is 16.1. The lowest BCUT2D eigenvalue weighted by Crippen LogP contribution is -2.33. The first-order valence-corrected chi connectivity index (χ1v) is 4.69. The van der Waals surface area contributed by atoms with Crippen LogP contribution in [0.5, 0.6) is 0 Å². The van der Waals surface area contributed by atoms with Gasteiger partial charge in [0.1, 0.15) is 0 Å². The molecule has 0 bridgehead atoms. The van der Waals surface area contributed by atoms with E-state index in [0.717, 1.165) is 25.8 Å². The fourth-order valence-corrected chi connectivity index (χ4v) is 1.95. The Bertz CT molecular complexity index is 159. The van der Waals surface area contributed by atoms with Crippen LogP contribution < -0.4 is 11.1 Å². The van der Waals surface area contributed by atoms with Gasteiger partial charge in [0.25, 0.3) is 0 Å². The zero-order valence-electron chi connectivity index (χ0n) is 7.68. The number of carbonyl (C=O) groups excluding carboxylic acids is 1. The topological polar surface area (TPSA) is 55.1 Å². The number of hydrogen-bond acceptors (Lipinski definition) is 2. The minimum atomic E-state index is 0.188. The van der Waals surface area contributed by atoms with Crippen LogP contribution in [0.15, 0.2) is 0 Å². The fraction of sp³-hybridized carbons (Fsp3) is 0.889. The van der Waals surface area contributed by atoms with Gasteiger partial charge in [-0.15, -0.1) is 0 Å². The first-order valence-electron chi connectivity index (χ1n) is 4.69. The SMILES string of the molecule is CNC(=O)C1CCCC(CN)C1. The number of hydrogen-bond donors (Lipinski definition) is 2. The van der Waals surface area contributed by atoms with Crippen molar-refractivity contribution < 1.29 is 4.79 Å². The standard InChI is InChI=1S/C9H18N2O/c1-11-9(12)8-4-2-3-7(5-8)6-10/h7-8H,2-6,10H2,1H3,(H,11,12). The number of carbonyl (C=O) groups is 1. The van der Waals surface area contributed by atoms with E-state index < -0.39 is 0 Å². The highest BCUT2D eigenvalue weighted by Gasteiger charge is 2.25. The maximum atomic E-state index is 11.3. The second-order valence-corrected chi connectivity index (χ2v) is 3.58. The largest absolute Gasteiger partial charge is 0.359 e. The smallest absolute Gasteiger partial charge is 0.222 e. The van der Waals surface area contributed by atoms with Crippen molar-refractivity contribution in [3.8, 4) is 0 Å². The highest BCUT2D eigenvalue weighted by Crippen LogP contribution is 2.28. The van der Waals surface area contributed by atoms with Crippen molar-refractivity contribution in [1.29, 1.82) is 0 Å². The summed E-state index contributed by atoms with van der Waals surface area (Å²) in [7, 11) is 1.70. The molecule has 3 heteroatoms. The molecular weight excluding hydrogens is 152 g/mol. The molecule has 0 aromatic carbocycles. The number of rotatable bonds is 2. The molecule has 1 amide bonds. The van der Waals surface area contributed by atoms with Gasteiger partial charge in [0.05, 0.1) is 0 Å². The summed E-state index contributed by atoms with van der Waals surface area (Å²) in [4.78, 5) is 11.3. The van der Waals surface area contributed by atoms with Crippen molar-refractivity contribution in [3.05, 3.63) is 0 Å². The van der Waals surface area contributed by atoms with E-state index in [1.807, 2.05) is 0 Å². The van der Waals surface area contributed by atoms with Crippen molar-refractivity contribution in [2.75, 3.05) is 13.6 Å². The molecule has 1 fully saturated rings. The Morgan fingerprint density at radius 1 is 1.58 bits per heavy atom. The molecule has 70 valence electrons. The lowest BCUT2D eigenvalue weighted by Gasteiger charge is -2.26. The summed E-state index contributed by atoms with van der Waals surface area (Å²) >= 11 is 0. The summed E-state index contributed by atoms with van der Waals surface area (Å²) in [5.41, 5.74) is 5.58. The minimum absolute atomic E-state index is 0.188. The molecule has 0 saturated heterocycles. The summed E-state index contributed by atoms with van der Waals surface area (Å²) < 4.78 is 0.